The zero-order valence-corrected chi connectivity index (χ0v) is 13.6. The van der Waals surface area contributed by atoms with Crippen molar-refractivity contribution in [2.45, 2.75) is 43.0 Å². The van der Waals surface area contributed by atoms with Crippen molar-refractivity contribution in [1.29, 1.82) is 0 Å². The second kappa shape index (κ2) is 7.27. The van der Waals surface area contributed by atoms with Crippen molar-refractivity contribution in [3.8, 4) is 0 Å². The maximum atomic E-state index is 13.7. The lowest BCUT2D eigenvalue weighted by Gasteiger charge is -2.13. The molecule has 1 aromatic heterocycles. The van der Waals surface area contributed by atoms with Gasteiger partial charge in [0.05, 0.1) is 0 Å². The molecule has 0 saturated heterocycles. The second-order valence-electron chi connectivity index (χ2n) is 5.59. The van der Waals surface area contributed by atoms with Gasteiger partial charge in [0.15, 0.2) is 0 Å². The highest BCUT2D eigenvalue weighted by atomic mass is 32.2. The van der Waals surface area contributed by atoms with Crippen LogP contribution in [0.15, 0.2) is 34.1 Å². The van der Waals surface area contributed by atoms with Crippen molar-refractivity contribution in [2.75, 3.05) is 6.61 Å². The van der Waals surface area contributed by atoms with Gasteiger partial charge in [-0.05, 0) is 37.3 Å². The number of aliphatic hydroxyl groups excluding tert-OH is 1. The van der Waals surface area contributed by atoms with E-state index in [9.17, 15) is 9.18 Å². The lowest BCUT2D eigenvalue weighted by Crippen LogP contribution is -2.27. The first kappa shape index (κ1) is 16.2. The maximum absolute atomic E-state index is 13.7. The molecule has 1 aromatic carbocycles. The molecule has 1 heterocycles. The van der Waals surface area contributed by atoms with Gasteiger partial charge in [-0.3, -0.25) is 4.57 Å². The molecule has 1 aliphatic rings. The van der Waals surface area contributed by atoms with Crippen LogP contribution in [0.5, 0.6) is 0 Å². The van der Waals surface area contributed by atoms with Gasteiger partial charge in [-0.1, -0.05) is 18.2 Å². The minimum absolute atomic E-state index is 0.0605. The first-order valence-electron chi connectivity index (χ1n) is 7.80. The number of thioether (sulfide) groups is 1. The number of aromatic nitrogens is 2. The summed E-state index contributed by atoms with van der Waals surface area (Å²) in [6, 6.07) is 6.68. The Bertz CT molecular complexity index is 761. The van der Waals surface area contributed by atoms with Crippen LogP contribution in [0.3, 0.4) is 0 Å². The van der Waals surface area contributed by atoms with Crippen LogP contribution in [0.25, 0.3) is 0 Å². The summed E-state index contributed by atoms with van der Waals surface area (Å²) in [7, 11) is 0. The smallest absolute Gasteiger partial charge is 0.348 e. The molecule has 4 nitrogen and oxygen atoms in total. The quantitative estimate of drug-likeness (QED) is 0.651. The number of hydrogen-bond donors (Lipinski definition) is 1. The van der Waals surface area contributed by atoms with Gasteiger partial charge in [0.25, 0.3) is 0 Å². The molecule has 1 N–H and O–H groups in total. The summed E-state index contributed by atoms with van der Waals surface area (Å²) in [4.78, 5) is 16.5. The fourth-order valence-electron chi connectivity index (χ4n) is 2.93. The van der Waals surface area contributed by atoms with Crippen molar-refractivity contribution in [3.63, 3.8) is 0 Å². The van der Waals surface area contributed by atoms with E-state index in [0.29, 0.717) is 24.3 Å². The van der Waals surface area contributed by atoms with Crippen LogP contribution in [-0.4, -0.2) is 21.3 Å². The van der Waals surface area contributed by atoms with E-state index in [2.05, 4.69) is 4.98 Å². The Kier molecular flexibility index (Phi) is 5.13. The molecule has 0 atom stereocenters. The van der Waals surface area contributed by atoms with E-state index in [4.69, 9.17) is 5.11 Å². The summed E-state index contributed by atoms with van der Waals surface area (Å²) >= 11 is 1.43. The number of nitrogens with zero attached hydrogens (tertiary/aromatic N) is 2. The molecule has 0 radical (unpaired) electrons. The normalized spacial score (nSPS) is 13.3. The third-order valence-electron chi connectivity index (χ3n) is 4.06. The van der Waals surface area contributed by atoms with Crippen molar-refractivity contribution < 1.29 is 9.50 Å². The number of fused-ring (bicyclic) bond motifs is 1. The SMILES string of the molecule is O=c1nc(SCc2ccccc2F)c2c(n1CCCO)CCC2. The highest BCUT2D eigenvalue weighted by Gasteiger charge is 2.21. The molecule has 1 aliphatic carbocycles. The Morgan fingerprint density at radius 2 is 2.13 bits per heavy atom. The minimum Gasteiger partial charge on any atom is -0.396 e. The number of rotatable bonds is 6. The van der Waals surface area contributed by atoms with Crippen LogP contribution in [0.4, 0.5) is 4.39 Å². The molecule has 0 bridgehead atoms. The van der Waals surface area contributed by atoms with Crippen molar-refractivity contribution >= 4 is 11.8 Å². The summed E-state index contributed by atoms with van der Waals surface area (Å²) in [6.07, 6.45) is 3.33. The molecule has 6 heteroatoms. The highest BCUT2D eigenvalue weighted by Crippen LogP contribution is 2.31. The third-order valence-corrected chi connectivity index (χ3v) is 5.13. The van der Waals surface area contributed by atoms with Crippen molar-refractivity contribution in [2.24, 2.45) is 0 Å². The van der Waals surface area contributed by atoms with Gasteiger partial charge in [0, 0.05) is 30.2 Å². The van der Waals surface area contributed by atoms with E-state index < -0.39 is 0 Å². The molecule has 0 spiro atoms. The zero-order valence-electron chi connectivity index (χ0n) is 12.8. The maximum Gasteiger partial charge on any atom is 0.348 e. The van der Waals surface area contributed by atoms with E-state index >= 15 is 0 Å². The van der Waals surface area contributed by atoms with Gasteiger partial charge in [-0.2, -0.15) is 4.98 Å². The molecule has 0 saturated carbocycles. The molecule has 23 heavy (non-hydrogen) atoms. The summed E-state index contributed by atoms with van der Waals surface area (Å²) < 4.78 is 15.4. The van der Waals surface area contributed by atoms with Gasteiger partial charge in [0.1, 0.15) is 10.8 Å². The lowest BCUT2D eigenvalue weighted by atomic mass is 10.2. The summed E-state index contributed by atoms with van der Waals surface area (Å²) in [5.41, 5.74) is 2.50. The van der Waals surface area contributed by atoms with Crippen LogP contribution in [0.1, 0.15) is 29.7 Å². The van der Waals surface area contributed by atoms with Gasteiger partial charge in [-0.25, -0.2) is 9.18 Å². The van der Waals surface area contributed by atoms with E-state index in [1.54, 1.807) is 16.7 Å². The zero-order chi connectivity index (χ0) is 16.2. The molecule has 3 rings (SSSR count). The predicted molar refractivity (Wildman–Crippen MR) is 88.2 cm³/mol. The molecule has 0 aliphatic heterocycles. The Morgan fingerprint density at radius 1 is 1.30 bits per heavy atom. The molecule has 2 aromatic rings. The van der Waals surface area contributed by atoms with Crippen molar-refractivity contribution in [3.05, 3.63) is 57.4 Å². The Morgan fingerprint density at radius 3 is 2.91 bits per heavy atom. The standard InChI is InChI=1S/C17H19FN2O2S/c18-14-7-2-1-5-12(14)11-23-16-13-6-3-8-15(13)20(9-4-10-21)17(22)19-16/h1-2,5,7,21H,3-4,6,8-11H2. The summed E-state index contributed by atoms with van der Waals surface area (Å²) in [6.45, 7) is 0.563. The molecule has 0 fully saturated rings. The van der Waals surface area contributed by atoms with Crippen LogP contribution in [0, 0.1) is 5.82 Å². The van der Waals surface area contributed by atoms with E-state index in [-0.39, 0.29) is 18.1 Å². The van der Waals surface area contributed by atoms with Gasteiger partial charge < -0.3 is 5.11 Å². The Labute approximate surface area is 138 Å². The lowest BCUT2D eigenvalue weighted by molar-refractivity contribution is 0.277. The van der Waals surface area contributed by atoms with E-state index in [0.717, 1.165) is 35.5 Å². The van der Waals surface area contributed by atoms with Crippen LogP contribution in [-0.2, 0) is 25.1 Å². The number of halogens is 1. The number of benzene rings is 1. The topological polar surface area (TPSA) is 55.1 Å². The second-order valence-corrected chi connectivity index (χ2v) is 6.55. The first-order valence-corrected chi connectivity index (χ1v) is 8.79. The third kappa shape index (κ3) is 3.48. The Balaban J connectivity index is 1.86. The molecule has 0 amide bonds. The van der Waals surface area contributed by atoms with Gasteiger partial charge in [-0.15, -0.1) is 11.8 Å². The predicted octanol–water partition coefficient (Wildman–Crippen LogP) is 2.55. The number of aliphatic hydroxyl groups is 1. The largest absolute Gasteiger partial charge is 0.396 e. The minimum atomic E-state index is -0.268. The van der Waals surface area contributed by atoms with Crippen LogP contribution >= 0.6 is 11.8 Å². The monoisotopic (exact) mass is 334 g/mol. The molecule has 122 valence electrons. The van der Waals surface area contributed by atoms with Gasteiger partial charge >= 0.3 is 5.69 Å². The van der Waals surface area contributed by atoms with Crippen LogP contribution in [0.2, 0.25) is 0 Å². The summed E-state index contributed by atoms with van der Waals surface area (Å²) in [5.74, 6) is 0.236. The average Bonchev–Trinajstić information content (AvgIpc) is 3.03. The fourth-order valence-corrected chi connectivity index (χ4v) is 3.99. The van der Waals surface area contributed by atoms with E-state index in [1.807, 2.05) is 6.07 Å². The van der Waals surface area contributed by atoms with Crippen molar-refractivity contribution in [1.82, 2.24) is 9.55 Å². The fraction of sp³-hybridized carbons (Fsp3) is 0.412. The van der Waals surface area contributed by atoms with Crippen LogP contribution < -0.4 is 5.69 Å². The Hall–Kier alpha value is -1.66. The molecular weight excluding hydrogens is 315 g/mol. The summed E-state index contributed by atoms with van der Waals surface area (Å²) in [5, 5.41) is 9.71. The number of hydrogen-bond acceptors (Lipinski definition) is 4. The average molecular weight is 334 g/mol. The molecular formula is C17H19FN2O2S. The van der Waals surface area contributed by atoms with Gasteiger partial charge in [0.2, 0.25) is 0 Å². The van der Waals surface area contributed by atoms with E-state index in [1.165, 1.54) is 17.8 Å². The highest BCUT2D eigenvalue weighted by molar-refractivity contribution is 7.98. The first-order chi connectivity index (χ1) is 11.2. The molecule has 0 unspecified atom stereocenters.